The van der Waals surface area contributed by atoms with Crippen molar-refractivity contribution >= 4 is 46.5 Å². The van der Waals surface area contributed by atoms with Crippen LogP contribution >= 0.6 is 34.7 Å². The van der Waals surface area contributed by atoms with Crippen LogP contribution in [0.5, 0.6) is 0 Å². The van der Waals surface area contributed by atoms with Crippen LogP contribution in [0.25, 0.3) is 0 Å². The molecule has 2 N–H and O–H groups in total. The van der Waals surface area contributed by atoms with E-state index in [4.69, 9.17) is 11.6 Å². The summed E-state index contributed by atoms with van der Waals surface area (Å²) >= 11 is 9.57. The largest absolute Gasteiger partial charge is 0.353 e. The van der Waals surface area contributed by atoms with Gasteiger partial charge >= 0.3 is 0 Å². The van der Waals surface area contributed by atoms with Gasteiger partial charge in [0.1, 0.15) is 6.04 Å². The molecule has 1 atom stereocenters. The minimum Gasteiger partial charge on any atom is -0.353 e. The first-order valence-electron chi connectivity index (χ1n) is 8.42. The maximum absolute atomic E-state index is 12.5. The third-order valence-electron chi connectivity index (χ3n) is 3.72. The topological polar surface area (TPSA) is 58.2 Å². The number of benzene rings is 1. The summed E-state index contributed by atoms with van der Waals surface area (Å²) < 4.78 is 0. The van der Waals surface area contributed by atoms with Crippen LogP contribution in [0.15, 0.2) is 41.8 Å². The first kappa shape index (κ1) is 20.8. The van der Waals surface area contributed by atoms with Gasteiger partial charge in [0.2, 0.25) is 5.91 Å². The zero-order valence-corrected chi connectivity index (χ0v) is 17.2. The van der Waals surface area contributed by atoms with E-state index in [1.807, 2.05) is 19.9 Å². The number of carbonyl (C=O) groups excluding carboxylic acids is 2. The molecule has 4 nitrogen and oxygen atoms in total. The Morgan fingerprint density at radius 1 is 1.19 bits per heavy atom. The highest BCUT2D eigenvalue weighted by Gasteiger charge is 2.25. The Morgan fingerprint density at radius 3 is 2.62 bits per heavy atom. The molecule has 0 saturated heterocycles. The number of nitrogens with one attached hydrogen (secondary N) is 2. The van der Waals surface area contributed by atoms with Crippen molar-refractivity contribution in [3.05, 3.63) is 57.2 Å². The molecule has 2 amide bonds. The SMILES string of the molecule is CC(C)[C@H](NC(=O)c1ccccc1Cl)C(=O)NCCSCc1cccs1. The Balaban J connectivity index is 1.81. The van der Waals surface area contributed by atoms with Crippen molar-refractivity contribution in [3.8, 4) is 0 Å². The summed E-state index contributed by atoms with van der Waals surface area (Å²) in [4.78, 5) is 26.2. The molecule has 2 aromatic rings. The molecule has 0 bridgehead atoms. The molecule has 0 radical (unpaired) electrons. The highest BCUT2D eigenvalue weighted by Crippen LogP contribution is 2.17. The van der Waals surface area contributed by atoms with E-state index in [1.54, 1.807) is 47.4 Å². The third-order valence-corrected chi connectivity index (χ3v) is 6.12. The fourth-order valence-corrected chi connectivity index (χ4v) is 4.24. The first-order chi connectivity index (χ1) is 12.5. The lowest BCUT2D eigenvalue weighted by Crippen LogP contribution is -2.50. The number of halogens is 1. The van der Waals surface area contributed by atoms with Gasteiger partial charge in [0.05, 0.1) is 10.6 Å². The van der Waals surface area contributed by atoms with Crippen LogP contribution in [0.3, 0.4) is 0 Å². The van der Waals surface area contributed by atoms with Gasteiger partial charge in [-0.05, 0) is 29.5 Å². The van der Waals surface area contributed by atoms with Crippen molar-refractivity contribution in [2.24, 2.45) is 5.92 Å². The number of thiophene rings is 1. The van der Waals surface area contributed by atoms with Crippen molar-refractivity contribution in [2.75, 3.05) is 12.3 Å². The number of thioether (sulfide) groups is 1. The number of amides is 2. The van der Waals surface area contributed by atoms with Gasteiger partial charge in [-0.2, -0.15) is 11.8 Å². The summed E-state index contributed by atoms with van der Waals surface area (Å²) in [6, 6.07) is 10.4. The molecule has 0 fully saturated rings. The number of hydrogen-bond donors (Lipinski definition) is 2. The maximum atomic E-state index is 12.5. The monoisotopic (exact) mass is 410 g/mol. The summed E-state index contributed by atoms with van der Waals surface area (Å²) in [6.45, 7) is 4.38. The van der Waals surface area contributed by atoms with Crippen LogP contribution in [0.4, 0.5) is 0 Å². The van der Waals surface area contributed by atoms with E-state index in [0.29, 0.717) is 17.1 Å². The number of hydrogen-bond acceptors (Lipinski definition) is 4. The van der Waals surface area contributed by atoms with Crippen LogP contribution < -0.4 is 10.6 Å². The molecule has 1 aromatic carbocycles. The van der Waals surface area contributed by atoms with Crippen molar-refractivity contribution < 1.29 is 9.59 Å². The van der Waals surface area contributed by atoms with Crippen LogP contribution in [0, 0.1) is 5.92 Å². The first-order valence-corrected chi connectivity index (χ1v) is 10.8. The van der Waals surface area contributed by atoms with Crippen molar-refractivity contribution in [1.82, 2.24) is 10.6 Å². The Bertz CT molecular complexity index is 720. The molecule has 140 valence electrons. The Morgan fingerprint density at radius 2 is 1.96 bits per heavy atom. The van der Waals surface area contributed by atoms with Gasteiger partial charge < -0.3 is 10.6 Å². The van der Waals surface area contributed by atoms with E-state index in [1.165, 1.54) is 4.88 Å². The quantitative estimate of drug-likeness (QED) is 0.609. The summed E-state index contributed by atoms with van der Waals surface area (Å²) in [6.07, 6.45) is 0. The summed E-state index contributed by atoms with van der Waals surface area (Å²) in [7, 11) is 0. The highest BCUT2D eigenvalue weighted by atomic mass is 35.5. The molecule has 7 heteroatoms. The van der Waals surface area contributed by atoms with Gasteiger partial charge in [0.25, 0.3) is 5.91 Å². The Hall–Kier alpha value is -1.50. The Kier molecular flexibility index (Phi) is 8.48. The number of carbonyl (C=O) groups is 2. The van der Waals surface area contributed by atoms with Gasteiger partial charge in [-0.15, -0.1) is 11.3 Å². The fraction of sp³-hybridized carbons (Fsp3) is 0.368. The smallest absolute Gasteiger partial charge is 0.253 e. The predicted octanol–water partition coefficient (Wildman–Crippen LogP) is 4.21. The summed E-state index contributed by atoms with van der Waals surface area (Å²) in [5.41, 5.74) is 0.374. The molecule has 1 aromatic heterocycles. The van der Waals surface area contributed by atoms with Crippen molar-refractivity contribution in [3.63, 3.8) is 0 Å². The lowest BCUT2D eigenvalue weighted by Gasteiger charge is -2.22. The molecule has 2 rings (SSSR count). The second kappa shape index (κ2) is 10.6. The predicted molar refractivity (Wildman–Crippen MR) is 111 cm³/mol. The normalized spacial score (nSPS) is 12.0. The zero-order chi connectivity index (χ0) is 18.9. The molecule has 0 spiro atoms. The summed E-state index contributed by atoms with van der Waals surface area (Å²) in [5, 5.41) is 8.14. The van der Waals surface area contributed by atoms with Gasteiger partial charge in [-0.3, -0.25) is 9.59 Å². The van der Waals surface area contributed by atoms with Crippen molar-refractivity contribution in [1.29, 1.82) is 0 Å². The molecule has 0 aliphatic heterocycles. The standard InChI is InChI=1S/C19H23ClN2O2S2/c1-13(2)17(22-18(23)15-7-3-4-8-16(15)20)19(24)21-9-11-25-12-14-6-5-10-26-14/h3-8,10,13,17H,9,11-12H2,1-2H3,(H,21,24)(H,22,23)/t17-/m0/s1. The van der Waals surface area contributed by atoms with E-state index in [2.05, 4.69) is 22.1 Å². The fourth-order valence-electron chi connectivity index (χ4n) is 2.32. The molecule has 1 heterocycles. The molecule has 0 saturated carbocycles. The maximum Gasteiger partial charge on any atom is 0.253 e. The van der Waals surface area contributed by atoms with Gasteiger partial charge in [-0.1, -0.05) is 43.6 Å². The van der Waals surface area contributed by atoms with Crippen LogP contribution in [0.2, 0.25) is 5.02 Å². The van der Waals surface area contributed by atoms with E-state index in [-0.39, 0.29) is 17.7 Å². The minimum atomic E-state index is -0.596. The average molecular weight is 411 g/mol. The second-order valence-electron chi connectivity index (χ2n) is 6.10. The molecule has 0 aliphatic rings. The number of rotatable bonds is 9. The van der Waals surface area contributed by atoms with Gasteiger partial charge in [0.15, 0.2) is 0 Å². The summed E-state index contributed by atoms with van der Waals surface area (Å²) in [5.74, 6) is 1.24. The zero-order valence-electron chi connectivity index (χ0n) is 14.8. The molecule has 0 aliphatic carbocycles. The van der Waals surface area contributed by atoms with Crippen LogP contribution in [0.1, 0.15) is 29.1 Å². The molecule has 0 unspecified atom stereocenters. The van der Waals surface area contributed by atoms with Crippen molar-refractivity contribution in [2.45, 2.75) is 25.6 Å². The Labute approximate surface area is 167 Å². The van der Waals surface area contributed by atoms with E-state index in [9.17, 15) is 9.59 Å². The highest BCUT2D eigenvalue weighted by molar-refractivity contribution is 7.98. The lowest BCUT2D eigenvalue weighted by molar-refractivity contribution is -0.123. The third kappa shape index (κ3) is 6.34. The average Bonchev–Trinajstić information content (AvgIpc) is 3.12. The lowest BCUT2D eigenvalue weighted by atomic mass is 10.0. The molecular weight excluding hydrogens is 388 g/mol. The van der Waals surface area contributed by atoms with Gasteiger partial charge in [0, 0.05) is 22.9 Å². The van der Waals surface area contributed by atoms with Gasteiger partial charge in [-0.25, -0.2) is 0 Å². The van der Waals surface area contributed by atoms with Crippen LogP contribution in [-0.2, 0) is 10.5 Å². The van der Waals surface area contributed by atoms with E-state index in [0.717, 1.165) is 11.5 Å². The second-order valence-corrected chi connectivity index (χ2v) is 8.64. The van der Waals surface area contributed by atoms with Crippen LogP contribution in [-0.4, -0.2) is 30.2 Å². The van der Waals surface area contributed by atoms with E-state index < -0.39 is 6.04 Å². The minimum absolute atomic E-state index is 0.0276. The molecule has 26 heavy (non-hydrogen) atoms. The molecular formula is C19H23ClN2O2S2. The van der Waals surface area contributed by atoms with E-state index >= 15 is 0 Å².